The monoisotopic (exact) mass is 254 g/mol. The van der Waals surface area contributed by atoms with Crippen LogP contribution in [0.5, 0.6) is 0 Å². The Hall–Kier alpha value is -1.23. The van der Waals surface area contributed by atoms with E-state index in [1.165, 1.54) is 6.07 Å². The topological polar surface area (TPSA) is 62.2 Å². The minimum atomic E-state index is -0.997. The zero-order chi connectivity index (χ0) is 12.7. The largest absolute Gasteiger partial charge is 0.477 e. The third-order valence-electron chi connectivity index (χ3n) is 2.26. The minimum absolute atomic E-state index is 0.0742. The van der Waals surface area contributed by atoms with Crippen molar-refractivity contribution in [2.24, 2.45) is 0 Å². The Labute approximate surface area is 106 Å². The molecule has 0 saturated carbocycles. The summed E-state index contributed by atoms with van der Waals surface area (Å²) >= 11 is 1.90. The number of hydrogen-bond acceptors (Lipinski definition) is 4. The van der Waals surface area contributed by atoms with Crippen molar-refractivity contribution in [2.75, 3.05) is 16.8 Å². The summed E-state index contributed by atoms with van der Waals surface area (Å²) in [6, 6.07) is 5.28. The summed E-state index contributed by atoms with van der Waals surface area (Å²) < 4.78 is 0. The summed E-state index contributed by atoms with van der Waals surface area (Å²) in [5, 5.41) is 12.0. The van der Waals surface area contributed by atoms with Gasteiger partial charge in [-0.15, -0.1) is 0 Å². The van der Waals surface area contributed by atoms with E-state index in [1.54, 1.807) is 12.1 Å². The number of carboxylic acid groups (broad SMARTS) is 1. The molecule has 2 N–H and O–H groups in total. The number of aromatic nitrogens is 1. The van der Waals surface area contributed by atoms with Crippen LogP contribution in [0.4, 0.5) is 5.82 Å². The average Bonchev–Trinajstić information content (AvgIpc) is 2.29. The van der Waals surface area contributed by atoms with Gasteiger partial charge < -0.3 is 10.4 Å². The average molecular weight is 254 g/mol. The van der Waals surface area contributed by atoms with Gasteiger partial charge in [-0.2, -0.15) is 11.8 Å². The van der Waals surface area contributed by atoms with Gasteiger partial charge in [0.1, 0.15) is 5.82 Å². The molecule has 0 aliphatic rings. The maximum atomic E-state index is 10.8. The van der Waals surface area contributed by atoms with Gasteiger partial charge in [0.2, 0.25) is 0 Å². The molecule has 1 aromatic heterocycles. The molecule has 0 aliphatic carbocycles. The Morgan fingerprint density at radius 1 is 1.59 bits per heavy atom. The van der Waals surface area contributed by atoms with Crippen molar-refractivity contribution in [1.29, 1.82) is 0 Å². The highest BCUT2D eigenvalue weighted by Crippen LogP contribution is 2.10. The van der Waals surface area contributed by atoms with Gasteiger partial charge in [-0.05, 0) is 37.0 Å². The fourth-order valence-corrected chi connectivity index (χ4v) is 2.17. The van der Waals surface area contributed by atoms with Gasteiger partial charge in [-0.25, -0.2) is 9.78 Å². The molecule has 0 fully saturated rings. The van der Waals surface area contributed by atoms with Crippen LogP contribution in [0.25, 0.3) is 0 Å². The SMILES string of the molecule is CCSCCC(C)Nc1cccc(C(=O)O)n1. The second-order valence-corrected chi connectivity index (χ2v) is 5.14. The van der Waals surface area contributed by atoms with Gasteiger partial charge in [0.15, 0.2) is 5.69 Å². The Kier molecular flexibility index (Phi) is 5.83. The van der Waals surface area contributed by atoms with E-state index in [0.29, 0.717) is 11.9 Å². The van der Waals surface area contributed by atoms with Crippen LogP contribution in [0.2, 0.25) is 0 Å². The molecule has 0 aliphatic heterocycles. The van der Waals surface area contributed by atoms with Crippen molar-refractivity contribution in [2.45, 2.75) is 26.3 Å². The van der Waals surface area contributed by atoms with Crippen LogP contribution >= 0.6 is 11.8 Å². The van der Waals surface area contributed by atoms with E-state index in [0.717, 1.165) is 17.9 Å². The van der Waals surface area contributed by atoms with Crippen LogP contribution < -0.4 is 5.32 Å². The quantitative estimate of drug-likeness (QED) is 0.733. The first kappa shape index (κ1) is 13.8. The predicted octanol–water partition coefficient (Wildman–Crippen LogP) is 2.72. The van der Waals surface area contributed by atoms with Gasteiger partial charge >= 0.3 is 5.97 Å². The van der Waals surface area contributed by atoms with Gasteiger partial charge in [-0.1, -0.05) is 13.0 Å². The number of nitrogens with zero attached hydrogens (tertiary/aromatic N) is 1. The first-order valence-electron chi connectivity index (χ1n) is 5.68. The highest BCUT2D eigenvalue weighted by atomic mass is 32.2. The lowest BCUT2D eigenvalue weighted by atomic mass is 10.2. The number of aromatic carboxylic acids is 1. The highest BCUT2D eigenvalue weighted by Gasteiger charge is 2.07. The molecule has 1 aromatic rings. The summed E-state index contributed by atoms with van der Waals surface area (Å²) in [7, 11) is 0. The molecule has 0 aromatic carbocycles. The zero-order valence-corrected chi connectivity index (χ0v) is 11.0. The van der Waals surface area contributed by atoms with E-state index < -0.39 is 5.97 Å². The van der Waals surface area contributed by atoms with E-state index in [-0.39, 0.29) is 5.69 Å². The number of anilines is 1. The fourth-order valence-electron chi connectivity index (χ4n) is 1.36. The molecule has 0 saturated heterocycles. The van der Waals surface area contributed by atoms with Crippen molar-refractivity contribution in [3.05, 3.63) is 23.9 Å². The molecule has 1 rings (SSSR count). The Morgan fingerprint density at radius 2 is 2.35 bits per heavy atom. The van der Waals surface area contributed by atoms with Crippen molar-refractivity contribution < 1.29 is 9.90 Å². The second-order valence-electron chi connectivity index (χ2n) is 3.74. The van der Waals surface area contributed by atoms with Gasteiger partial charge in [0.25, 0.3) is 0 Å². The third-order valence-corrected chi connectivity index (χ3v) is 3.19. The molecule has 0 radical (unpaired) electrons. The first-order valence-corrected chi connectivity index (χ1v) is 6.83. The van der Waals surface area contributed by atoms with Crippen LogP contribution in [0.1, 0.15) is 30.8 Å². The Morgan fingerprint density at radius 3 is 3.00 bits per heavy atom. The normalized spacial score (nSPS) is 12.1. The summed E-state index contributed by atoms with van der Waals surface area (Å²) in [5.74, 6) is 1.85. The highest BCUT2D eigenvalue weighted by molar-refractivity contribution is 7.99. The second kappa shape index (κ2) is 7.17. The third kappa shape index (κ3) is 5.08. The number of carboxylic acids is 1. The first-order chi connectivity index (χ1) is 8.13. The van der Waals surface area contributed by atoms with Crippen LogP contribution in [0.3, 0.4) is 0 Å². The summed E-state index contributed by atoms with van der Waals surface area (Å²) in [6.07, 6.45) is 1.04. The standard InChI is InChI=1S/C12H18N2O2S/c1-3-17-8-7-9(2)13-11-6-4-5-10(14-11)12(15)16/h4-6,9H,3,7-8H2,1-2H3,(H,13,14)(H,15,16). The summed E-state index contributed by atoms with van der Waals surface area (Å²) in [6.45, 7) is 4.21. The summed E-state index contributed by atoms with van der Waals surface area (Å²) in [4.78, 5) is 14.8. The molecular formula is C12H18N2O2S. The Balaban J connectivity index is 2.50. The maximum absolute atomic E-state index is 10.8. The van der Waals surface area contributed by atoms with E-state index in [4.69, 9.17) is 5.11 Å². The molecule has 5 heteroatoms. The van der Waals surface area contributed by atoms with Crippen molar-refractivity contribution in [1.82, 2.24) is 4.98 Å². The maximum Gasteiger partial charge on any atom is 0.354 e. The van der Waals surface area contributed by atoms with Crippen LogP contribution in [-0.2, 0) is 0 Å². The molecule has 0 amide bonds. The lowest BCUT2D eigenvalue weighted by Gasteiger charge is -2.14. The van der Waals surface area contributed by atoms with Gasteiger partial charge in [0.05, 0.1) is 0 Å². The van der Waals surface area contributed by atoms with Crippen molar-refractivity contribution >= 4 is 23.5 Å². The number of hydrogen-bond donors (Lipinski definition) is 2. The van der Waals surface area contributed by atoms with E-state index >= 15 is 0 Å². The molecule has 0 spiro atoms. The molecule has 1 atom stereocenters. The summed E-state index contributed by atoms with van der Waals surface area (Å²) in [5.41, 5.74) is 0.0742. The fraction of sp³-hybridized carbons (Fsp3) is 0.500. The van der Waals surface area contributed by atoms with Crippen LogP contribution in [0, 0.1) is 0 Å². The van der Waals surface area contributed by atoms with E-state index in [2.05, 4.69) is 24.1 Å². The lowest BCUT2D eigenvalue weighted by Crippen LogP contribution is -2.17. The van der Waals surface area contributed by atoms with E-state index in [9.17, 15) is 4.79 Å². The van der Waals surface area contributed by atoms with E-state index in [1.807, 2.05) is 11.8 Å². The van der Waals surface area contributed by atoms with Gasteiger partial charge in [0, 0.05) is 6.04 Å². The molecule has 4 nitrogen and oxygen atoms in total. The minimum Gasteiger partial charge on any atom is -0.477 e. The smallest absolute Gasteiger partial charge is 0.354 e. The molecule has 0 bridgehead atoms. The number of thioether (sulfide) groups is 1. The molecule has 94 valence electrons. The number of carbonyl (C=O) groups is 1. The van der Waals surface area contributed by atoms with Gasteiger partial charge in [-0.3, -0.25) is 0 Å². The Bertz CT molecular complexity index is 371. The molecule has 17 heavy (non-hydrogen) atoms. The number of rotatable bonds is 7. The lowest BCUT2D eigenvalue weighted by molar-refractivity contribution is 0.0690. The predicted molar refractivity (Wildman–Crippen MR) is 71.9 cm³/mol. The zero-order valence-electron chi connectivity index (χ0n) is 10.1. The number of nitrogens with one attached hydrogen (secondary N) is 1. The molecule has 1 heterocycles. The number of pyridine rings is 1. The van der Waals surface area contributed by atoms with Crippen LogP contribution in [-0.4, -0.2) is 33.6 Å². The van der Waals surface area contributed by atoms with Crippen molar-refractivity contribution in [3.63, 3.8) is 0 Å². The van der Waals surface area contributed by atoms with Crippen molar-refractivity contribution in [3.8, 4) is 0 Å². The molecule has 1 unspecified atom stereocenters. The molecular weight excluding hydrogens is 236 g/mol. The van der Waals surface area contributed by atoms with Crippen LogP contribution in [0.15, 0.2) is 18.2 Å².